The molecule has 0 bridgehead atoms. The Kier molecular flexibility index (Phi) is 5.10. The van der Waals surface area contributed by atoms with Crippen LogP contribution in [0.25, 0.3) is 0 Å². The second-order valence-corrected chi connectivity index (χ2v) is 7.09. The van der Waals surface area contributed by atoms with Gasteiger partial charge < -0.3 is 15.5 Å². The number of urea groups is 1. The number of piperidine rings is 1. The van der Waals surface area contributed by atoms with Crippen LogP contribution in [-0.4, -0.2) is 42.2 Å². The molecule has 5 nitrogen and oxygen atoms in total. The number of nitrogens with one attached hydrogen (secondary N) is 2. The van der Waals surface area contributed by atoms with Crippen LogP contribution >= 0.6 is 11.8 Å². The van der Waals surface area contributed by atoms with Crippen molar-refractivity contribution >= 4 is 29.4 Å². The highest BCUT2D eigenvalue weighted by atomic mass is 32.2. The maximum atomic E-state index is 12.4. The average molecular weight is 333 g/mol. The highest BCUT2D eigenvalue weighted by molar-refractivity contribution is 7.98. The van der Waals surface area contributed by atoms with Gasteiger partial charge in [0.05, 0.1) is 0 Å². The zero-order valence-corrected chi connectivity index (χ0v) is 14.2. The van der Waals surface area contributed by atoms with Crippen molar-refractivity contribution < 1.29 is 9.59 Å². The summed E-state index contributed by atoms with van der Waals surface area (Å²) in [6.45, 7) is 1.31. The number of hydrogen-bond donors (Lipinski definition) is 2. The smallest absolute Gasteiger partial charge is 0.317 e. The van der Waals surface area contributed by atoms with E-state index in [1.807, 2.05) is 35.4 Å². The standard InChI is InChI=1S/C17H23N3O2S/c1-23-15-4-2-3-14(11-15)18-16(21)12-7-9-20(10-8-12)17(22)19-13-5-6-13/h2-4,11-13H,5-10H2,1H3,(H,18,21)(H,19,22). The molecule has 3 amide bonds. The van der Waals surface area contributed by atoms with Crippen molar-refractivity contribution in [2.24, 2.45) is 5.92 Å². The van der Waals surface area contributed by atoms with Crippen LogP contribution < -0.4 is 10.6 Å². The van der Waals surface area contributed by atoms with Crippen molar-refractivity contribution in [2.45, 2.75) is 36.6 Å². The highest BCUT2D eigenvalue weighted by Gasteiger charge is 2.30. The summed E-state index contributed by atoms with van der Waals surface area (Å²) in [7, 11) is 0. The second-order valence-electron chi connectivity index (χ2n) is 6.21. The Labute approximate surface area is 141 Å². The molecule has 124 valence electrons. The first kappa shape index (κ1) is 16.2. The fraction of sp³-hybridized carbons (Fsp3) is 0.529. The first-order chi connectivity index (χ1) is 11.2. The molecule has 1 saturated heterocycles. The van der Waals surface area contributed by atoms with Gasteiger partial charge in [-0.3, -0.25) is 4.79 Å². The lowest BCUT2D eigenvalue weighted by molar-refractivity contribution is -0.121. The summed E-state index contributed by atoms with van der Waals surface area (Å²) in [5.74, 6) is 0.0448. The molecule has 1 heterocycles. The number of benzene rings is 1. The van der Waals surface area contributed by atoms with E-state index in [0.717, 1.165) is 36.3 Å². The molecule has 0 spiro atoms. The first-order valence-corrected chi connectivity index (χ1v) is 9.38. The third-order valence-electron chi connectivity index (χ3n) is 4.40. The van der Waals surface area contributed by atoms with Crippen LogP contribution in [0.15, 0.2) is 29.2 Å². The monoisotopic (exact) mass is 333 g/mol. The van der Waals surface area contributed by atoms with Crippen LogP contribution in [0.3, 0.4) is 0 Å². The Morgan fingerprint density at radius 2 is 1.91 bits per heavy atom. The SMILES string of the molecule is CSc1cccc(NC(=O)C2CCN(C(=O)NC3CC3)CC2)c1. The minimum absolute atomic E-state index is 0.0158. The molecule has 2 fully saturated rings. The molecule has 6 heteroatoms. The molecule has 1 aromatic carbocycles. The van der Waals surface area contributed by atoms with Gasteiger partial charge >= 0.3 is 6.03 Å². The van der Waals surface area contributed by atoms with Crippen molar-refractivity contribution in [3.8, 4) is 0 Å². The summed E-state index contributed by atoms with van der Waals surface area (Å²) in [5.41, 5.74) is 0.843. The number of rotatable bonds is 4. The highest BCUT2D eigenvalue weighted by Crippen LogP contribution is 2.23. The lowest BCUT2D eigenvalue weighted by Crippen LogP contribution is -2.46. The summed E-state index contributed by atoms with van der Waals surface area (Å²) < 4.78 is 0. The molecule has 1 aliphatic heterocycles. The van der Waals surface area contributed by atoms with Gasteiger partial charge in [-0.1, -0.05) is 6.07 Å². The van der Waals surface area contributed by atoms with Crippen LogP contribution in [0.4, 0.5) is 10.5 Å². The van der Waals surface area contributed by atoms with Crippen molar-refractivity contribution in [2.75, 3.05) is 24.7 Å². The molecular weight excluding hydrogens is 310 g/mol. The Morgan fingerprint density at radius 1 is 1.17 bits per heavy atom. The number of anilines is 1. The molecule has 0 unspecified atom stereocenters. The number of hydrogen-bond acceptors (Lipinski definition) is 3. The second kappa shape index (κ2) is 7.25. The molecular formula is C17H23N3O2S. The van der Waals surface area contributed by atoms with Crippen LogP contribution in [0.2, 0.25) is 0 Å². The summed E-state index contributed by atoms with van der Waals surface area (Å²) in [6.07, 6.45) is 5.67. The van der Waals surface area contributed by atoms with E-state index in [9.17, 15) is 9.59 Å². The van der Waals surface area contributed by atoms with Crippen LogP contribution in [0.1, 0.15) is 25.7 Å². The zero-order valence-electron chi connectivity index (χ0n) is 13.4. The molecule has 1 saturated carbocycles. The summed E-state index contributed by atoms with van der Waals surface area (Å²) in [6, 6.07) is 8.28. The number of carbonyl (C=O) groups is 2. The van der Waals surface area contributed by atoms with E-state index in [-0.39, 0.29) is 17.9 Å². The molecule has 3 rings (SSSR count). The van der Waals surface area contributed by atoms with Crippen molar-refractivity contribution in [3.63, 3.8) is 0 Å². The van der Waals surface area contributed by atoms with Gasteiger partial charge in [-0.05, 0) is 50.1 Å². The average Bonchev–Trinajstić information content (AvgIpc) is 3.39. The van der Waals surface area contributed by atoms with Gasteiger partial charge in [-0.15, -0.1) is 11.8 Å². The quantitative estimate of drug-likeness (QED) is 0.833. The summed E-state index contributed by atoms with van der Waals surface area (Å²) >= 11 is 1.66. The lowest BCUT2D eigenvalue weighted by atomic mass is 9.96. The van der Waals surface area contributed by atoms with E-state index >= 15 is 0 Å². The van der Waals surface area contributed by atoms with Gasteiger partial charge in [0.2, 0.25) is 5.91 Å². The van der Waals surface area contributed by atoms with Crippen LogP contribution in [0.5, 0.6) is 0 Å². The largest absolute Gasteiger partial charge is 0.335 e. The maximum absolute atomic E-state index is 12.4. The number of carbonyl (C=O) groups excluding carboxylic acids is 2. The van der Waals surface area contributed by atoms with Crippen molar-refractivity contribution in [1.29, 1.82) is 0 Å². The minimum atomic E-state index is -0.0158. The molecule has 0 atom stereocenters. The van der Waals surface area contributed by atoms with Gasteiger partial charge in [-0.2, -0.15) is 0 Å². The van der Waals surface area contributed by atoms with Gasteiger partial charge in [0.1, 0.15) is 0 Å². The van der Waals surface area contributed by atoms with Crippen LogP contribution in [-0.2, 0) is 4.79 Å². The van der Waals surface area contributed by atoms with E-state index in [0.29, 0.717) is 19.1 Å². The lowest BCUT2D eigenvalue weighted by Gasteiger charge is -2.31. The Hall–Kier alpha value is -1.69. The Morgan fingerprint density at radius 3 is 2.57 bits per heavy atom. The minimum Gasteiger partial charge on any atom is -0.335 e. The zero-order chi connectivity index (χ0) is 16.2. The van der Waals surface area contributed by atoms with Gasteiger partial charge in [0, 0.05) is 35.6 Å². The van der Waals surface area contributed by atoms with Gasteiger partial charge in [-0.25, -0.2) is 4.79 Å². The van der Waals surface area contributed by atoms with E-state index in [1.165, 1.54) is 0 Å². The maximum Gasteiger partial charge on any atom is 0.317 e. The third-order valence-corrected chi connectivity index (χ3v) is 5.12. The van der Waals surface area contributed by atoms with Gasteiger partial charge in [0.15, 0.2) is 0 Å². The molecule has 2 N–H and O–H groups in total. The van der Waals surface area contributed by atoms with E-state index in [4.69, 9.17) is 0 Å². The Balaban J connectivity index is 1.48. The van der Waals surface area contributed by atoms with E-state index in [1.54, 1.807) is 11.8 Å². The predicted molar refractivity (Wildman–Crippen MR) is 92.7 cm³/mol. The fourth-order valence-electron chi connectivity index (χ4n) is 2.78. The molecule has 1 aromatic rings. The first-order valence-electron chi connectivity index (χ1n) is 8.16. The molecule has 23 heavy (non-hydrogen) atoms. The number of amides is 3. The van der Waals surface area contributed by atoms with Gasteiger partial charge in [0.25, 0.3) is 0 Å². The molecule has 0 aromatic heterocycles. The molecule has 1 aliphatic carbocycles. The summed E-state index contributed by atoms with van der Waals surface area (Å²) in [5, 5.41) is 6.01. The van der Waals surface area contributed by atoms with Crippen molar-refractivity contribution in [1.82, 2.24) is 10.2 Å². The van der Waals surface area contributed by atoms with Crippen LogP contribution in [0, 0.1) is 5.92 Å². The van der Waals surface area contributed by atoms with E-state index in [2.05, 4.69) is 10.6 Å². The third kappa shape index (κ3) is 4.41. The van der Waals surface area contributed by atoms with E-state index < -0.39 is 0 Å². The number of likely N-dealkylation sites (tertiary alicyclic amines) is 1. The molecule has 2 aliphatic rings. The normalized spacial score (nSPS) is 18.6. The Bertz CT molecular complexity index is 581. The topological polar surface area (TPSA) is 61.4 Å². The summed E-state index contributed by atoms with van der Waals surface area (Å²) in [4.78, 5) is 27.4. The van der Waals surface area contributed by atoms with Crippen molar-refractivity contribution in [3.05, 3.63) is 24.3 Å². The number of thioether (sulfide) groups is 1. The molecule has 0 radical (unpaired) electrons. The predicted octanol–water partition coefficient (Wildman–Crippen LogP) is 2.93. The number of nitrogens with zero attached hydrogens (tertiary/aromatic N) is 1. The fourth-order valence-corrected chi connectivity index (χ4v) is 3.24.